The molecule has 1 saturated carbocycles. The van der Waals surface area contributed by atoms with Gasteiger partial charge in [0.2, 0.25) is 0 Å². The van der Waals surface area contributed by atoms with Crippen molar-refractivity contribution < 1.29 is 9.90 Å². The first-order chi connectivity index (χ1) is 15.2. The normalized spacial score (nSPS) is 13.2. The number of rotatable bonds is 6. The van der Waals surface area contributed by atoms with Crippen molar-refractivity contribution in [3.63, 3.8) is 0 Å². The number of hydrogen-bond donors (Lipinski definition) is 1. The largest absolute Gasteiger partial charge is 0.478 e. The van der Waals surface area contributed by atoms with Crippen LogP contribution in [0.2, 0.25) is 0 Å². The summed E-state index contributed by atoms with van der Waals surface area (Å²) in [6, 6.07) is 28.4. The van der Waals surface area contributed by atoms with Gasteiger partial charge in [-0.3, -0.25) is 4.98 Å². The van der Waals surface area contributed by atoms with E-state index in [1.807, 2.05) is 54.7 Å². The van der Waals surface area contributed by atoms with Gasteiger partial charge in [-0.05, 0) is 59.6 Å². The highest BCUT2D eigenvalue weighted by molar-refractivity contribution is 5.90. The Morgan fingerprint density at radius 1 is 0.871 bits per heavy atom. The lowest BCUT2D eigenvalue weighted by atomic mass is 9.93. The monoisotopic (exact) mass is 405 g/mol. The van der Waals surface area contributed by atoms with Gasteiger partial charge < -0.3 is 5.11 Å². The fourth-order valence-electron chi connectivity index (χ4n) is 4.11. The molecule has 1 aliphatic rings. The molecule has 1 aromatic heterocycles. The highest BCUT2D eigenvalue weighted by Crippen LogP contribution is 2.41. The standard InChI is InChI=1S/C28H23NO2/c30-28(31)26-17-23(20-11-12-20)13-14-24(26)15-19-16-25(21-7-3-1-4-8-21)27(29-18-19)22-9-5-2-6-10-22/h1-10,13-14,16-18,20H,11-12,15H2,(H,30,31). The van der Waals surface area contributed by atoms with Crippen molar-refractivity contribution in [2.45, 2.75) is 25.2 Å². The maximum atomic E-state index is 11.9. The fourth-order valence-corrected chi connectivity index (χ4v) is 4.11. The molecule has 5 rings (SSSR count). The van der Waals surface area contributed by atoms with Gasteiger partial charge in [-0.15, -0.1) is 0 Å². The zero-order valence-corrected chi connectivity index (χ0v) is 17.2. The number of pyridine rings is 1. The van der Waals surface area contributed by atoms with E-state index in [0.29, 0.717) is 17.9 Å². The van der Waals surface area contributed by atoms with E-state index >= 15 is 0 Å². The van der Waals surface area contributed by atoms with Crippen LogP contribution in [-0.2, 0) is 6.42 Å². The summed E-state index contributed by atoms with van der Waals surface area (Å²) < 4.78 is 0. The molecule has 0 bridgehead atoms. The summed E-state index contributed by atoms with van der Waals surface area (Å²) in [5.74, 6) is -0.335. The van der Waals surface area contributed by atoms with Crippen molar-refractivity contribution in [1.82, 2.24) is 4.98 Å². The van der Waals surface area contributed by atoms with Crippen LogP contribution < -0.4 is 0 Å². The molecule has 0 unspecified atom stereocenters. The second kappa shape index (κ2) is 8.19. The summed E-state index contributed by atoms with van der Waals surface area (Å²) in [5, 5.41) is 9.78. The number of aromatic carboxylic acids is 1. The molecule has 0 atom stereocenters. The molecule has 1 fully saturated rings. The molecule has 0 amide bonds. The molecule has 152 valence electrons. The smallest absolute Gasteiger partial charge is 0.335 e. The topological polar surface area (TPSA) is 50.2 Å². The number of benzene rings is 3. The third kappa shape index (κ3) is 4.13. The molecule has 3 heteroatoms. The van der Waals surface area contributed by atoms with E-state index in [1.165, 1.54) is 0 Å². The van der Waals surface area contributed by atoms with Gasteiger partial charge in [-0.25, -0.2) is 4.79 Å². The highest BCUT2D eigenvalue weighted by atomic mass is 16.4. The predicted molar refractivity (Wildman–Crippen MR) is 123 cm³/mol. The van der Waals surface area contributed by atoms with E-state index in [1.54, 1.807) is 0 Å². The van der Waals surface area contributed by atoms with E-state index in [9.17, 15) is 9.90 Å². The van der Waals surface area contributed by atoms with Crippen molar-refractivity contribution >= 4 is 5.97 Å². The van der Waals surface area contributed by atoms with Gasteiger partial charge in [-0.1, -0.05) is 72.8 Å². The van der Waals surface area contributed by atoms with Gasteiger partial charge in [0.25, 0.3) is 0 Å². The molecule has 3 nitrogen and oxygen atoms in total. The third-order valence-corrected chi connectivity index (χ3v) is 5.88. The molecule has 1 N–H and O–H groups in total. The van der Waals surface area contributed by atoms with E-state index in [2.05, 4.69) is 36.4 Å². The Morgan fingerprint density at radius 3 is 2.19 bits per heavy atom. The zero-order valence-electron chi connectivity index (χ0n) is 17.2. The Labute approximate surface area is 182 Å². The highest BCUT2D eigenvalue weighted by Gasteiger charge is 2.25. The average molecular weight is 405 g/mol. The minimum atomic E-state index is -0.866. The van der Waals surface area contributed by atoms with E-state index < -0.39 is 5.97 Å². The van der Waals surface area contributed by atoms with E-state index in [4.69, 9.17) is 4.98 Å². The summed E-state index contributed by atoms with van der Waals surface area (Å²) in [6.45, 7) is 0. The van der Waals surface area contributed by atoms with Crippen molar-refractivity contribution in [1.29, 1.82) is 0 Å². The second-order valence-electron chi connectivity index (χ2n) is 8.14. The molecule has 3 aromatic carbocycles. The Hall–Kier alpha value is -3.72. The Bertz CT molecular complexity index is 1230. The molecular weight excluding hydrogens is 382 g/mol. The van der Waals surface area contributed by atoms with E-state index in [0.717, 1.165) is 51.9 Å². The molecule has 4 aromatic rings. The van der Waals surface area contributed by atoms with Gasteiger partial charge in [0.05, 0.1) is 11.3 Å². The Kier molecular flexibility index (Phi) is 5.09. The summed E-state index contributed by atoms with van der Waals surface area (Å²) in [4.78, 5) is 16.7. The summed E-state index contributed by atoms with van der Waals surface area (Å²) >= 11 is 0. The average Bonchev–Trinajstić information content (AvgIpc) is 3.66. The van der Waals surface area contributed by atoms with Crippen molar-refractivity contribution in [3.8, 4) is 22.4 Å². The lowest BCUT2D eigenvalue weighted by Gasteiger charge is -2.13. The fraction of sp³-hybridized carbons (Fsp3) is 0.143. The van der Waals surface area contributed by atoms with Gasteiger partial charge in [0, 0.05) is 17.3 Å². The number of aromatic nitrogens is 1. The van der Waals surface area contributed by atoms with Gasteiger partial charge in [0.1, 0.15) is 0 Å². The summed E-state index contributed by atoms with van der Waals surface area (Å²) in [5.41, 5.74) is 7.51. The first-order valence-electron chi connectivity index (χ1n) is 10.6. The van der Waals surface area contributed by atoms with Crippen LogP contribution in [0.3, 0.4) is 0 Å². The number of hydrogen-bond acceptors (Lipinski definition) is 2. The molecule has 1 heterocycles. The molecule has 1 aliphatic carbocycles. The van der Waals surface area contributed by atoms with E-state index in [-0.39, 0.29) is 0 Å². The molecule has 0 aliphatic heterocycles. The SMILES string of the molecule is O=C(O)c1cc(C2CC2)ccc1Cc1cnc(-c2ccccc2)c(-c2ccccc2)c1. The lowest BCUT2D eigenvalue weighted by Crippen LogP contribution is -2.05. The Balaban J connectivity index is 1.56. The van der Waals surface area contributed by atoms with Crippen LogP contribution in [0.15, 0.2) is 91.1 Å². The number of carboxylic acids is 1. The van der Waals surface area contributed by atoms with Crippen LogP contribution >= 0.6 is 0 Å². The van der Waals surface area contributed by atoms with Gasteiger partial charge in [-0.2, -0.15) is 0 Å². The van der Waals surface area contributed by atoms with Crippen molar-refractivity contribution in [3.05, 3.63) is 113 Å². The van der Waals surface area contributed by atoms with Gasteiger partial charge in [0.15, 0.2) is 0 Å². The first-order valence-corrected chi connectivity index (χ1v) is 10.6. The maximum absolute atomic E-state index is 11.9. The van der Waals surface area contributed by atoms with Crippen LogP contribution in [-0.4, -0.2) is 16.1 Å². The Morgan fingerprint density at radius 2 is 1.55 bits per heavy atom. The van der Waals surface area contributed by atoms with Crippen LogP contribution in [0.5, 0.6) is 0 Å². The molecule has 0 spiro atoms. The number of carbonyl (C=O) groups is 1. The molecule has 0 radical (unpaired) electrons. The predicted octanol–water partition coefficient (Wildman–Crippen LogP) is 6.58. The number of carboxylic acid groups (broad SMARTS) is 1. The van der Waals surface area contributed by atoms with Crippen LogP contribution in [0.1, 0.15) is 45.8 Å². The number of nitrogens with zero attached hydrogens (tertiary/aromatic N) is 1. The molecule has 31 heavy (non-hydrogen) atoms. The molecular formula is C28H23NO2. The van der Waals surface area contributed by atoms with Crippen molar-refractivity contribution in [2.75, 3.05) is 0 Å². The van der Waals surface area contributed by atoms with Crippen LogP contribution in [0.4, 0.5) is 0 Å². The van der Waals surface area contributed by atoms with Gasteiger partial charge >= 0.3 is 5.97 Å². The lowest BCUT2D eigenvalue weighted by molar-refractivity contribution is 0.0695. The minimum absolute atomic E-state index is 0.401. The summed E-state index contributed by atoms with van der Waals surface area (Å²) in [7, 11) is 0. The molecule has 0 saturated heterocycles. The summed E-state index contributed by atoms with van der Waals surface area (Å²) in [6.07, 6.45) is 4.72. The quantitative estimate of drug-likeness (QED) is 0.394. The second-order valence-corrected chi connectivity index (χ2v) is 8.14. The van der Waals surface area contributed by atoms with Crippen LogP contribution in [0.25, 0.3) is 22.4 Å². The van der Waals surface area contributed by atoms with Crippen LogP contribution in [0, 0.1) is 0 Å². The zero-order chi connectivity index (χ0) is 21.2. The first kappa shape index (κ1) is 19.3. The maximum Gasteiger partial charge on any atom is 0.335 e. The minimum Gasteiger partial charge on any atom is -0.478 e. The third-order valence-electron chi connectivity index (χ3n) is 5.88. The van der Waals surface area contributed by atoms with Crippen molar-refractivity contribution in [2.24, 2.45) is 0 Å².